The minimum atomic E-state index is -0.945. The molecular formula is C26H28N2O5S2. The van der Waals surface area contributed by atoms with Crippen molar-refractivity contribution in [3.8, 4) is 16.2 Å². The summed E-state index contributed by atoms with van der Waals surface area (Å²) in [5, 5.41) is 25.4. The van der Waals surface area contributed by atoms with Crippen molar-refractivity contribution in [1.82, 2.24) is 5.43 Å². The summed E-state index contributed by atoms with van der Waals surface area (Å²) in [6, 6.07) is 11.2. The quantitative estimate of drug-likeness (QED) is 0.183. The fraction of sp³-hybridized carbons (Fsp3) is 0.308. The van der Waals surface area contributed by atoms with Crippen LogP contribution in [0.2, 0.25) is 0 Å². The van der Waals surface area contributed by atoms with Crippen molar-refractivity contribution in [2.24, 2.45) is 5.10 Å². The van der Waals surface area contributed by atoms with E-state index in [1.54, 1.807) is 18.4 Å². The van der Waals surface area contributed by atoms with Gasteiger partial charge in [-0.15, -0.1) is 22.7 Å². The van der Waals surface area contributed by atoms with Gasteiger partial charge in [-0.25, -0.2) is 5.43 Å². The number of carboxylic acid groups (broad SMARTS) is 1. The van der Waals surface area contributed by atoms with E-state index in [-0.39, 0.29) is 36.2 Å². The van der Waals surface area contributed by atoms with Gasteiger partial charge in [0.2, 0.25) is 0 Å². The maximum atomic E-state index is 12.5. The van der Waals surface area contributed by atoms with Crippen molar-refractivity contribution < 1.29 is 24.6 Å². The second-order valence-electron chi connectivity index (χ2n) is 9.13. The standard InChI is InChI=1S/C26H28N2O5S2/c1-15(18-14-34-24(23(18)32)16-8-10-17(11-9-16)26(2,3)4)27-28-25(33)21-13-12-20(35-21)19(29)6-5-7-22(30)31/h8-14,32H,5-7H2,1-4H3,(H,28,33)(H,30,31)/b27-15+. The Balaban J connectivity index is 1.66. The van der Waals surface area contributed by atoms with Gasteiger partial charge in [0.15, 0.2) is 5.78 Å². The minimum Gasteiger partial charge on any atom is -0.506 e. The van der Waals surface area contributed by atoms with Crippen LogP contribution in [0, 0.1) is 0 Å². The molecule has 1 amide bonds. The van der Waals surface area contributed by atoms with E-state index in [0.29, 0.717) is 21.0 Å². The number of nitrogens with zero attached hydrogens (tertiary/aromatic N) is 1. The lowest BCUT2D eigenvalue weighted by Gasteiger charge is -2.19. The van der Waals surface area contributed by atoms with Gasteiger partial charge in [-0.1, -0.05) is 45.0 Å². The molecule has 1 aromatic carbocycles. The highest BCUT2D eigenvalue weighted by molar-refractivity contribution is 7.16. The van der Waals surface area contributed by atoms with Crippen molar-refractivity contribution in [2.75, 3.05) is 0 Å². The average Bonchev–Trinajstić information content (AvgIpc) is 3.44. The van der Waals surface area contributed by atoms with Crippen molar-refractivity contribution >= 4 is 46.0 Å². The number of hydrogen-bond acceptors (Lipinski definition) is 7. The van der Waals surface area contributed by atoms with E-state index in [1.807, 2.05) is 12.1 Å². The Labute approximate surface area is 212 Å². The highest BCUT2D eigenvalue weighted by atomic mass is 32.1. The van der Waals surface area contributed by atoms with Crippen molar-refractivity contribution in [3.63, 3.8) is 0 Å². The lowest BCUT2D eigenvalue weighted by atomic mass is 9.86. The number of nitrogens with one attached hydrogen (secondary N) is 1. The van der Waals surface area contributed by atoms with E-state index < -0.39 is 11.9 Å². The number of rotatable bonds is 9. The fourth-order valence-electron chi connectivity index (χ4n) is 3.32. The number of Topliss-reactive ketones (excluding diaryl/α,β-unsaturated/α-hetero) is 1. The van der Waals surface area contributed by atoms with Crippen LogP contribution >= 0.6 is 22.7 Å². The van der Waals surface area contributed by atoms with Crippen molar-refractivity contribution in [2.45, 2.75) is 52.4 Å². The first kappa shape index (κ1) is 26.3. The van der Waals surface area contributed by atoms with Gasteiger partial charge in [0, 0.05) is 18.2 Å². The van der Waals surface area contributed by atoms with Gasteiger partial charge < -0.3 is 10.2 Å². The highest BCUT2D eigenvalue weighted by Gasteiger charge is 2.18. The summed E-state index contributed by atoms with van der Waals surface area (Å²) in [7, 11) is 0. The molecule has 0 aliphatic carbocycles. The average molecular weight is 513 g/mol. The molecule has 3 aromatic rings. The number of thiophene rings is 2. The molecule has 0 unspecified atom stereocenters. The largest absolute Gasteiger partial charge is 0.506 e. The number of carboxylic acids is 1. The molecule has 184 valence electrons. The Morgan fingerprint density at radius 1 is 1.00 bits per heavy atom. The molecule has 35 heavy (non-hydrogen) atoms. The van der Waals surface area contributed by atoms with Gasteiger partial charge in [-0.3, -0.25) is 14.4 Å². The van der Waals surface area contributed by atoms with Crippen LogP contribution in [0.25, 0.3) is 10.4 Å². The zero-order valence-corrected chi connectivity index (χ0v) is 21.7. The molecule has 0 radical (unpaired) electrons. The number of benzene rings is 1. The van der Waals surface area contributed by atoms with Crippen LogP contribution < -0.4 is 5.43 Å². The molecule has 7 nitrogen and oxygen atoms in total. The molecule has 0 spiro atoms. The van der Waals surface area contributed by atoms with Crippen LogP contribution in [0.1, 0.15) is 77.4 Å². The Morgan fingerprint density at radius 3 is 2.29 bits per heavy atom. The molecule has 0 saturated carbocycles. The zero-order chi connectivity index (χ0) is 25.8. The van der Waals surface area contributed by atoms with Crippen LogP contribution in [-0.2, 0) is 10.2 Å². The first-order chi connectivity index (χ1) is 16.5. The topological polar surface area (TPSA) is 116 Å². The molecule has 0 bridgehead atoms. The first-order valence-corrected chi connectivity index (χ1v) is 12.8. The Morgan fingerprint density at radius 2 is 1.66 bits per heavy atom. The third-order valence-electron chi connectivity index (χ3n) is 5.39. The number of amides is 1. The SMILES string of the molecule is C/C(=N\NC(=O)c1ccc(C(=O)CCCC(=O)O)s1)c1csc(-c2ccc(C(C)(C)C)cc2)c1O. The Kier molecular flexibility index (Phi) is 8.24. The maximum absolute atomic E-state index is 12.5. The fourth-order valence-corrected chi connectivity index (χ4v) is 5.19. The molecule has 0 aliphatic rings. The molecule has 3 N–H and O–H groups in total. The van der Waals surface area contributed by atoms with E-state index in [2.05, 4.69) is 43.4 Å². The van der Waals surface area contributed by atoms with Crippen molar-refractivity contribution in [3.05, 3.63) is 62.7 Å². The first-order valence-electron chi connectivity index (χ1n) is 11.1. The summed E-state index contributed by atoms with van der Waals surface area (Å²) >= 11 is 2.44. The highest BCUT2D eigenvalue weighted by Crippen LogP contribution is 2.39. The minimum absolute atomic E-state index is 0.0413. The molecular weight excluding hydrogens is 484 g/mol. The number of aromatic hydroxyl groups is 1. The summed E-state index contributed by atoms with van der Waals surface area (Å²) in [5.41, 5.74) is 5.61. The van der Waals surface area contributed by atoms with Crippen LogP contribution in [-0.4, -0.2) is 33.6 Å². The van der Waals surface area contributed by atoms with E-state index in [9.17, 15) is 19.5 Å². The number of hydrogen-bond donors (Lipinski definition) is 3. The van der Waals surface area contributed by atoms with Gasteiger partial charge in [-0.05, 0) is 42.0 Å². The number of carbonyl (C=O) groups is 3. The predicted molar refractivity (Wildman–Crippen MR) is 140 cm³/mol. The van der Waals surface area contributed by atoms with Gasteiger partial charge in [0.25, 0.3) is 5.91 Å². The number of ketones is 1. The second kappa shape index (κ2) is 11.0. The van der Waals surface area contributed by atoms with E-state index in [4.69, 9.17) is 5.11 Å². The van der Waals surface area contributed by atoms with Gasteiger partial charge in [0.05, 0.1) is 25.9 Å². The molecule has 2 heterocycles. The number of aliphatic carboxylic acids is 1. The summed E-state index contributed by atoms with van der Waals surface area (Å²) in [6.45, 7) is 8.14. The van der Waals surface area contributed by atoms with Crippen LogP contribution in [0.5, 0.6) is 5.75 Å². The van der Waals surface area contributed by atoms with E-state index in [0.717, 1.165) is 21.8 Å². The molecule has 9 heteroatoms. The number of hydrazone groups is 1. The maximum Gasteiger partial charge on any atom is 0.303 e. The van der Waals surface area contributed by atoms with Gasteiger partial charge in [-0.2, -0.15) is 5.10 Å². The molecule has 0 saturated heterocycles. The van der Waals surface area contributed by atoms with Crippen molar-refractivity contribution in [1.29, 1.82) is 0 Å². The summed E-state index contributed by atoms with van der Waals surface area (Å²) in [4.78, 5) is 36.7. The molecule has 0 atom stereocenters. The molecule has 2 aromatic heterocycles. The number of carbonyl (C=O) groups excluding carboxylic acids is 2. The molecule has 0 aliphatic heterocycles. The summed E-state index contributed by atoms with van der Waals surface area (Å²) in [6.07, 6.45) is 0.297. The third-order valence-corrected chi connectivity index (χ3v) is 7.54. The third kappa shape index (κ3) is 6.64. The van der Waals surface area contributed by atoms with Crippen LogP contribution in [0.15, 0.2) is 46.9 Å². The molecule has 0 fully saturated rings. The molecule has 3 rings (SSSR count). The monoisotopic (exact) mass is 512 g/mol. The van der Waals surface area contributed by atoms with E-state index >= 15 is 0 Å². The van der Waals surface area contributed by atoms with E-state index in [1.165, 1.54) is 23.0 Å². The Bertz CT molecular complexity index is 1260. The normalized spacial score (nSPS) is 11.9. The smallest absolute Gasteiger partial charge is 0.303 e. The lowest BCUT2D eigenvalue weighted by Crippen LogP contribution is -2.18. The Hall–Kier alpha value is -3.30. The lowest BCUT2D eigenvalue weighted by molar-refractivity contribution is -0.137. The van der Waals surface area contributed by atoms with Gasteiger partial charge >= 0.3 is 5.97 Å². The predicted octanol–water partition coefficient (Wildman–Crippen LogP) is 6.07. The van der Waals surface area contributed by atoms with Crippen LogP contribution in [0.4, 0.5) is 0 Å². The van der Waals surface area contributed by atoms with Crippen LogP contribution in [0.3, 0.4) is 0 Å². The summed E-state index contributed by atoms with van der Waals surface area (Å²) < 4.78 is 0. The van der Waals surface area contributed by atoms with Gasteiger partial charge in [0.1, 0.15) is 5.75 Å². The second-order valence-corrected chi connectivity index (χ2v) is 11.1. The summed E-state index contributed by atoms with van der Waals surface area (Å²) in [5.74, 6) is -1.49. The zero-order valence-electron chi connectivity index (χ0n) is 20.0.